The van der Waals surface area contributed by atoms with E-state index in [9.17, 15) is 19.5 Å². The second-order valence-corrected chi connectivity index (χ2v) is 9.41. The molecule has 1 fully saturated rings. The highest BCUT2D eigenvalue weighted by Crippen LogP contribution is 2.21. The lowest BCUT2D eigenvalue weighted by Crippen LogP contribution is -2.46. The first-order valence-corrected chi connectivity index (χ1v) is 13.2. The number of carbonyl (C=O) groups excluding carboxylic acids is 3. The first kappa shape index (κ1) is 30.3. The number of nitrogens with zero attached hydrogens (tertiary/aromatic N) is 1. The summed E-state index contributed by atoms with van der Waals surface area (Å²) in [6.45, 7) is 8.41. The molecule has 0 aliphatic carbocycles. The number of hydrogen-bond donors (Lipinski definition) is 2. The predicted octanol–water partition coefficient (Wildman–Crippen LogP) is 3.54. The van der Waals surface area contributed by atoms with Crippen LogP contribution in [0.15, 0.2) is 55.6 Å². The Bertz CT molecular complexity index is 859. The standard InChI is InChI=1S/C29H42N2O6/c1-3-5-6-10-16-28(34)37-22-25(21-36-20-23-13-8-7-9-14-23)30-29(35)24(12-4-2)18-27(33)31-17-11-15-26(31)19-32/h3-4,7-9,13-14,24-26,32H,1-2,5-6,10-12,15-22H2,(H,30,35)/t24-,25+,26+/m1/s1. The van der Waals surface area contributed by atoms with Gasteiger partial charge in [0, 0.05) is 19.4 Å². The Morgan fingerprint density at radius 1 is 1.14 bits per heavy atom. The van der Waals surface area contributed by atoms with Crippen LogP contribution in [0.25, 0.3) is 0 Å². The zero-order chi connectivity index (χ0) is 26.9. The zero-order valence-corrected chi connectivity index (χ0v) is 21.8. The highest BCUT2D eigenvalue weighted by molar-refractivity contribution is 5.86. The van der Waals surface area contributed by atoms with Crippen molar-refractivity contribution in [3.63, 3.8) is 0 Å². The van der Waals surface area contributed by atoms with Crippen LogP contribution in [-0.4, -0.2) is 66.2 Å². The number of benzene rings is 1. The van der Waals surface area contributed by atoms with Crippen LogP contribution in [0.1, 0.15) is 56.9 Å². The van der Waals surface area contributed by atoms with Gasteiger partial charge in [0.1, 0.15) is 6.61 Å². The van der Waals surface area contributed by atoms with Gasteiger partial charge in [-0.15, -0.1) is 13.2 Å². The quantitative estimate of drug-likeness (QED) is 0.176. The Morgan fingerprint density at radius 3 is 2.62 bits per heavy atom. The number of aliphatic hydroxyl groups excluding tert-OH is 1. The summed E-state index contributed by atoms with van der Waals surface area (Å²) in [7, 11) is 0. The Hall–Kier alpha value is -2.97. The van der Waals surface area contributed by atoms with E-state index >= 15 is 0 Å². The van der Waals surface area contributed by atoms with Crippen LogP contribution in [0.3, 0.4) is 0 Å². The summed E-state index contributed by atoms with van der Waals surface area (Å²) >= 11 is 0. The number of amides is 2. The fourth-order valence-corrected chi connectivity index (χ4v) is 4.33. The van der Waals surface area contributed by atoms with Crippen LogP contribution in [-0.2, 0) is 30.5 Å². The molecule has 0 saturated carbocycles. The third-order valence-corrected chi connectivity index (χ3v) is 6.41. The van der Waals surface area contributed by atoms with Crippen molar-refractivity contribution in [2.75, 3.05) is 26.4 Å². The highest BCUT2D eigenvalue weighted by Gasteiger charge is 2.31. The van der Waals surface area contributed by atoms with Crippen LogP contribution < -0.4 is 5.32 Å². The monoisotopic (exact) mass is 514 g/mol. The number of nitrogens with one attached hydrogen (secondary N) is 1. The summed E-state index contributed by atoms with van der Waals surface area (Å²) in [5.41, 5.74) is 0.992. The van der Waals surface area contributed by atoms with Crippen LogP contribution >= 0.6 is 0 Å². The predicted molar refractivity (Wildman–Crippen MR) is 142 cm³/mol. The average molecular weight is 515 g/mol. The molecule has 1 aromatic rings. The van der Waals surface area contributed by atoms with E-state index in [1.807, 2.05) is 36.4 Å². The summed E-state index contributed by atoms with van der Waals surface area (Å²) in [6.07, 6.45) is 8.12. The van der Waals surface area contributed by atoms with Gasteiger partial charge < -0.3 is 24.8 Å². The third kappa shape index (κ3) is 11.3. The average Bonchev–Trinajstić information content (AvgIpc) is 3.39. The van der Waals surface area contributed by atoms with E-state index in [4.69, 9.17) is 9.47 Å². The Labute approximate surface area is 220 Å². The van der Waals surface area contributed by atoms with E-state index in [-0.39, 0.29) is 50.1 Å². The number of aliphatic hydroxyl groups is 1. The second-order valence-electron chi connectivity index (χ2n) is 9.41. The maximum atomic E-state index is 13.2. The molecule has 3 atom stereocenters. The molecule has 2 rings (SSSR count). The molecular weight excluding hydrogens is 472 g/mol. The fourth-order valence-electron chi connectivity index (χ4n) is 4.33. The van der Waals surface area contributed by atoms with E-state index in [0.717, 1.165) is 31.2 Å². The van der Waals surface area contributed by atoms with Gasteiger partial charge in [0.15, 0.2) is 0 Å². The molecule has 1 aromatic carbocycles. The van der Waals surface area contributed by atoms with Gasteiger partial charge in [0.05, 0.1) is 37.8 Å². The molecule has 1 aliphatic heterocycles. The van der Waals surface area contributed by atoms with Gasteiger partial charge in [-0.05, 0) is 44.1 Å². The number of hydrogen-bond acceptors (Lipinski definition) is 6. The molecule has 1 heterocycles. The third-order valence-electron chi connectivity index (χ3n) is 6.41. The topological polar surface area (TPSA) is 105 Å². The molecule has 0 spiro atoms. The van der Waals surface area contributed by atoms with Gasteiger partial charge in [-0.3, -0.25) is 14.4 Å². The number of ether oxygens (including phenoxy) is 2. The maximum Gasteiger partial charge on any atom is 0.305 e. The number of allylic oxidation sites excluding steroid dienone is 2. The SMILES string of the molecule is C=CCCCCC(=O)OC[C@H](COCc1ccccc1)NC(=O)[C@H](CC=C)CC(=O)N1CCC[C@H]1CO. The fraction of sp³-hybridized carbons (Fsp3) is 0.552. The number of esters is 1. The summed E-state index contributed by atoms with van der Waals surface area (Å²) in [5.74, 6) is -1.41. The van der Waals surface area contributed by atoms with Crippen molar-refractivity contribution in [1.29, 1.82) is 0 Å². The smallest absolute Gasteiger partial charge is 0.305 e. The Balaban J connectivity index is 1.96. The van der Waals surface area contributed by atoms with E-state index in [0.29, 0.717) is 32.4 Å². The molecule has 0 unspecified atom stereocenters. The molecule has 0 bridgehead atoms. The summed E-state index contributed by atoms with van der Waals surface area (Å²) in [6, 6.07) is 8.90. The minimum absolute atomic E-state index is 0.0196. The van der Waals surface area contributed by atoms with Crippen molar-refractivity contribution in [2.45, 2.75) is 70.1 Å². The lowest BCUT2D eigenvalue weighted by atomic mass is 9.98. The molecule has 2 N–H and O–H groups in total. The molecule has 2 amide bonds. The first-order valence-electron chi connectivity index (χ1n) is 13.2. The molecular formula is C29H42N2O6. The van der Waals surface area contributed by atoms with Crippen LogP contribution in [0.2, 0.25) is 0 Å². The van der Waals surface area contributed by atoms with Crippen LogP contribution in [0.4, 0.5) is 0 Å². The lowest BCUT2D eigenvalue weighted by Gasteiger charge is -2.26. The Kier molecular flexibility index (Phi) is 14.3. The number of unbranched alkanes of at least 4 members (excludes halogenated alkanes) is 2. The van der Waals surface area contributed by atoms with E-state index in [2.05, 4.69) is 18.5 Å². The van der Waals surface area contributed by atoms with Gasteiger partial charge >= 0.3 is 5.97 Å². The van der Waals surface area contributed by atoms with Crippen molar-refractivity contribution < 1.29 is 29.0 Å². The largest absolute Gasteiger partial charge is 0.463 e. The number of likely N-dealkylation sites (tertiary alicyclic amines) is 1. The summed E-state index contributed by atoms with van der Waals surface area (Å²) < 4.78 is 11.3. The molecule has 0 radical (unpaired) electrons. The van der Waals surface area contributed by atoms with Crippen molar-refractivity contribution in [1.82, 2.24) is 10.2 Å². The van der Waals surface area contributed by atoms with Crippen molar-refractivity contribution in [3.05, 3.63) is 61.2 Å². The molecule has 204 valence electrons. The zero-order valence-electron chi connectivity index (χ0n) is 21.8. The van der Waals surface area contributed by atoms with Gasteiger partial charge in [0.2, 0.25) is 11.8 Å². The van der Waals surface area contributed by atoms with Crippen LogP contribution in [0, 0.1) is 5.92 Å². The Morgan fingerprint density at radius 2 is 1.92 bits per heavy atom. The minimum atomic E-state index is -0.615. The lowest BCUT2D eigenvalue weighted by molar-refractivity contribution is -0.146. The van der Waals surface area contributed by atoms with Crippen molar-refractivity contribution in [3.8, 4) is 0 Å². The highest BCUT2D eigenvalue weighted by atomic mass is 16.5. The molecule has 1 aliphatic rings. The second kappa shape index (κ2) is 17.5. The molecule has 0 aromatic heterocycles. The van der Waals surface area contributed by atoms with Crippen molar-refractivity contribution >= 4 is 17.8 Å². The van der Waals surface area contributed by atoms with Gasteiger partial charge in [0.25, 0.3) is 0 Å². The summed E-state index contributed by atoms with van der Waals surface area (Å²) in [5, 5.41) is 12.5. The van der Waals surface area contributed by atoms with Gasteiger partial charge in [-0.1, -0.05) is 42.5 Å². The molecule has 37 heavy (non-hydrogen) atoms. The van der Waals surface area contributed by atoms with Crippen molar-refractivity contribution in [2.24, 2.45) is 5.92 Å². The molecule has 8 heteroatoms. The summed E-state index contributed by atoms with van der Waals surface area (Å²) in [4.78, 5) is 39.9. The first-order chi connectivity index (χ1) is 18.0. The maximum absolute atomic E-state index is 13.2. The molecule has 8 nitrogen and oxygen atoms in total. The minimum Gasteiger partial charge on any atom is -0.463 e. The molecule has 1 saturated heterocycles. The number of carbonyl (C=O) groups is 3. The van der Waals surface area contributed by atoms with E-state index < -0.39 is 12.0 Å². The van der Waals surface area contributed by atoms with E-state index in [1.54, 1.807) is 11.0 Å². The van der Waals surface area contributed by atoms with Crippen LogP contribution in [0.5, 0.6) is 0 Å². The van der Waals surface area contributed by atoms with E-state index in [1.165, 1.54) is 0 Å². The van der Waals surface area contributed by atoms with Gasteiger partial charge in [-0.2, -0.15) is 0 Å². The normalized spacial score (nSPS) is 16.6. The number of rotatable bonds is 18. The van der Waals surface area contributed by atoms with Gasteiger partial charge in [-0.25, -0.2) is 0 Å².